The number of fused-ring (bicyclic) bond motifs is 5. The van der Waals surface area contributed by atoms with Crippen LogP contribution in [-0.4, -0.2) is 12.9 Å². The van der Waals surface area contributed by atoms with Crippen molar-refractivity contribution in [2.45, 2.75) is 25.7 Å². The Morgan fingerprint density at radius 1 is 1.30 bits per heavy atom. The fourth-order valence-corrected chi connectivity index (χ4v) is 5.48. The number of methoxy groups -OCH3 is 1. The van der Waals surface area contributed by atoms with Crippen molar-refractivity contribution in [3.05, 3.63) is 28.2 Å². The fraction of sp³-hybridized carbons (Fsp3) is 0.588. The zero-order chi connectivity index (χ0) is 13.9. The highest BCUT2D eigenvalue weighted by Gasteiger charge is 2.66. The molecule has 4 unspecified atom stereocenters. The second-order valence-corrected chi connectivity index (χ2v) is 7.48. The van der Waals surface area contributed by atoms with Gasteiger partial charge >= 0.3 is 0 Å². The van der Waals surface area contributed by atoms with Crippen LogP contribution in [0.15, 0.2) is 22.7 Å². The van der Waals surface area contributed by atoms with E-state index in [2.05, 4.69) is 15.9 Å². The minimum atomic E-state index is 0.391. The van der Waals surface area contributed by atoms with E-state index in [-0.39, 0.29) is 0 Å². The van der Waals surface area contributed by atoms with Crippen LogP contribution in [0.25, 0.3) is 0 Å². The molecule has 1 aromatic carbocycles. The molecule has 2 bridgehead atoms. The van der Waals surface area contributed by atoms with E-state index in [1.165, 1.54) is 19.3 Å². The number of ketones is 1. The Morgan fingerprint density at radius 3 is 2.60 bits per heavy atom. The van der Waals surface area contributed by atoms with Gasteiger partial charge in [0.05, 0.1) is 11.6 Å². The number of hydrogen-bond donors (Lipinski definition) is 0. The molecule has 0 radical (unpaired) electrons. The average Bonchev–Trinajstić information content (AvgIpc) is 2.88. The summed E-state index contributed by atoms with van der Waals surface area (Å²) in [5.74, 6) is 4.94. The average molecular weight is 335 g/mol. The molecule has 1 aromatic rings. The van der Waals surface area contributed by atoms with Gasteiger partial charge in [0.1, 0.15) is 11.5 Å². The van der Waals surface area contributed by atoms with E-state index in [0.717, 1.165) is 39.5 Å². The van der Waals surface area contributed by atoms with Gasteiger partial charge in [0, 0.05) is 12.3 Å². The quantitative estimate of drug-likeness (QED) is 0.835. The first-order chi connectivity index (χ1) is 9.69. The molecule has 0 spiro atoms. The van der Waals surface area contributed by atoms with Crippen LogP contribution in [0, 0.1) is 29.6 Å². The third-order valence-corrected chi connectivity index (χ3v) is 6.32. The summed E-state index contributed by atoms with van der Waals surface area (Å²) in [4.78, 5) is 12.5. The van der Waals surface area contributed by atoms with Gasteiger partial charge < -0.3 is 4.74 Å². The van der Waals surface area contributed by atoms with E-state index >= 15 is 0 Å². The van der Waals surface area contributed by atoms with Gasteiger partial charge in [-0.1, -0.05) is 6.07 Å². The second kappa shape index (κ2) is 4.59. The van der Waals surface area contributed by atoms with Crippen molar-refractivity contribution in [1.29, 1.82) is 0 Å². The Hall–Kier alpha value is -0.830. The Bertz CT molecular complexity index is 552. The van der Waals surface area contributed by atoms with Gasteiger partial charge in [0.15, 0.2) is 0 Å². The summed E-state index contributed by atoms with van der Waals surface area (Å²) in [5.41, 5.74) is 1.10. The van der Waals surface area contributed by atoms with E-state index in [9.17, 15) is 4.79 Å². The Morgan fingerprint density at radius 2 is 2.00 bits per heavy atom. The van der Waals surface area contributed by atoms with Crippen molar-refractivity contribution >= 4 is 21.7 Å². The van der Waals surface area contributed by atoms with Gasteiger partial charge in [0.2, 0.25) is 0 Å². The highest BCUT2D eigenvalue weighted by molar-refractivity contribution is 9.10. The molecule has 4 rings (SSSR count). The maximum absolute atomic E-state index is 12.5. The number of carbonyl (C=O) groups excluding carboxylic acids is 1. The van der Waals surface area contributed by atoms with Crippen LogP contribution in [0.3, 0.4) is 0 Å². The monoisotopic (exact) mass is 334 g/mol. The van der Waals surface area contributed by atoms with Crippen LogP contribution in [0.5, 0.6) is 5.75 Å². The van der Waals surface area contributed by atoms with Crippen molar-refractivity contribution in [1.82, 2.24) is 0 Å². The Balaban J connectivity index is 1.45. The highest BCUT2D eigenvalue weighted by Crippen LogP contribution is 2.69. The van der Waals surface area contributed by atoms with Crippen LogP contribution >= 0.6 is 15.9 Å². The first kappa shape index (κ1) is 12.9. The zero-order valence-corrected chi connectivity index (χ0v) is 13.2. The normalized spacial score (nSPS) is 36.8. The van der Waals surface area contributed by atoms with Gasteiger partial charge in [0.25, 0.3) is 0 Å². The molecule has 3 aliphatic rings. The molecule has 4 atom stereocenters. The van der Waals surface area contributed by atoms with Gasteiger partial charge in [-0.15, -0.1) is 0 Å². The molecule has 0 amide bonds. The molecule has 0 saturated heterocycles. The number of halogens is 1. The van der Waals surface area contributed by atoms with Crippen molar-refractivity contribution in [2.24, 2.45) is 29.6 Å². The number of carbonyl (C=O) groups is 1. The lowest BCUT2D eigenvalue weighted by Crippen LogP contribution is -2.12. The number of ether oxygens (including phenoxy) is 1. The van der Waals surface area contributed by atoms with Gasteiger partial charge in [-0.05, 0) is 76.6 Å². The first-order valence-electron chi connectivity index (χ1n) is 7.54. The standard InChI is InChI=1S/C17H19BrO2/c1-20-14-5-2-9(6-12(14)18)7-13(19)17-15-10-3-4-11(8-10)16(15)17/h2,5-6,10-11,15-17H,3-4,7-8H2,1H3. The summed E-state index contributed by atoms with van der Waals surface area (Å²) < 4.78 is 6.16. The van der Waals surface area contributed by atoms with Crippen molar-refractivity contribution in [3.8, 4) is 5.75 Å². The smallest absolute Gasteiger partial charge is 0.140 e. The summed E-state index contributed by atoms with van der Waals surface area (Å²) in [6.07, 6.45) is 4.75. The summed E-state index contributed by atoms with van der Waals surface area (Å²) in [7, 11) is 1.66. The second-order valence-electron chi connectivity index (χ2n) is 6.63. The van der Waals surface area contributed by atoms with Gasteiger partial charge in [-0.3, -0.25) is 4.79 Å². The van der Waals surface area contributed by atoms with Gasteiger partial charge in [-0.2, -0.15) is 0 Å². The predicted octanol–water partition coefficient (Wildman–Crippen LogP) is 3.86. The molecule has 3 fully saturated rings. The summed E-state index contributed by atoms with van der Waals surface area (Å²) in [6.45, 7) is 0. The molecule has 0 aromatic heterocycles. The molecule has 3 saturated carbocycles. The summed E-state index contributed by atoms with van der Waals surface area (Å²) in [6, 6.07) is 5.96. The lowest BCUT2D eigenvalue weighted by Gasteiger charge is -2.09. The molecule has 0 heterocycles. The van der Waals surface area contributed by atoms with E-state index in [1.807, 2.05) is 18.2 Å². The molecule has 0 aliphatic heterocycles. The molecular formula is C17H19BrO2. The lowest BCUT2D eigenvalue weighted by molar-refractivity contribution is -0.120. The van der Waals surface area contributed by atoms with E-state index in [1.54, 1.807) is 7.11 Å². The van der Waals surface area contributed by atoms with E-state index in [0.29, 0.717) is 18.1 Å². The molecule has 106 valence electrons. The molecule has 3 heteroatoms. The largest absolute Gasteiger partial charge is 0.496 e. The number of benzene rings is 1. The van der Waals surface area contributed by atoms with Crippen molar-refractivity contribution in [3.63, 3.8) is 0 Å². The van der Waals surface area contributed by atoms with Crippen LogP contribution in [0.4, 0.5) is 0 Å². The third kappa shape index (κ3) is 1.86. The topological polar surface area (TPSA) is 26.3 Å². The minimum absolute atomic E-state index is 0.391. The van der Waals surface area contributed by atoms with Crippen LogP contribution in [0.1, 0.15) is 24.8 Å². The SMILES string of the molecule is COc1ccc(CC(=O)C2C3C4CCC(C4)C23)cc1Br. The first-order valence-corrected chi connectivity index (χ1v) is 8.33. The summed E-state index contributed by atoms with van der Waals surface area (Å²) >= 11 is 3.49. The van der Waals surface area contributed by atoms with E-state index in [4.69, 9.17) is 4.74 Å². The van der Waals surface area contributed by atoms with Crippen molar-refractivity contribution < 1.29 is 9.53 Å². The zero-order valence-electron chi connectivity index (χ0n) is 11.6. The Kier molecular flexibility index (Phi) is 2.95. The molecule has 2 nitrogen and oxygen atoms in total. The maximum atomic E-state index is 12.5. The molecule has 20 heavy (non-hydrogen) atoms. The molecule has 0 N–H and O–H groups in total. The van der Waals surface area contributed by atoms with Gasteiger partial charge in [-0.25, -0.2) is 0 Å². The van der Waals surface area contributed by atoms with E-state index < -0.39 is 0 Å². The molecule has 3 aliphatic carbocycles. The molecular weight excluding hydrogens is 316 g/mol. The summed E-state index contributed by atoms with van der Waals surface area (Å²) in [5, 5.41) is 0. The third-order valence-electron chi connectivity index (χ3n) is 5.70. The van der Waals surface area contributed by atoms with Crippen LogP contribution in [0.2, 0.25) is 0 Å². The van der Waals surface area contributed by atoms with Crippen LogP contribution < -0.4 is 4.74 Å². The predicted molar refractivity (Wildman–Crippen MR) is 80.7 cm³/mol. The highest BCUT2D eigenvalue weighted by atomic mass is 79.9. The van der Waals surface area contributed by atoms with Crippen molar-refractivity contribution in [2.75, 3.05) is 7.11 Å². The maximum Gasteiger partial charge on any atom is 0.140 e. The number of Topliss-reactive ketones (excluding diaryl/α,β-unsaturated/α-hetero) is 1. The minimum Gasteiger partial charge on any atom is -0.496 e. The lowest BCUT2D eigenvalue weighted by atomic mass is 9.96. The van der Waals surface area contributed by atoms with Crippen LogP contribution in [-0.2, 0) is 11.2 Å². The fourth-order valence-electron chi connectivity index (χ4n) is 4.89. The number of hydrogen-bond acceptors (Lipinski definition) is 2. The Labute approximate surface area is 128 Å². The number of rotatable bonds is 4.